The van der Waals surface area contributed by atoms with Gasteiger partial charge in [0, 0.05) is 41.9 Å². The summed E-state index contributed by atoms with van der Waals surface area (Å²) in [6.07, 6.45) is 8.00. The molecule has 0 N–H and O–H groups in total. The third kappa shape index (κ3) is 8.57. The maximum absolute atomic E-state index is 5.10. The van der Waals surface area contributed by atoms with Crippen LogP contribution in [0.15, 0.2) is 177 Å². The van der Waals surface area contributed by atoms with Crippen LogP contribution in [0.25, 0.3) is 70.1 Å². The van der Waals surface area contributed by atoms with Crippen molar-refractivity contribution in [1.82, 2.24) is 14.5 Å². The van der Waals surface area contributed by atoms with E-state index in [2.05, 4.69) is 147 Å². The van der Waals surface area contributed by atoms with Crippen molar-refractivity contribution in [3.63, 3.8) is 0 Å². The number of benzene rings is 6. The average molecular weight is 724 g/mol. The van der Waals surface area contributed by atoms with Crippen molar-refractivity contribution in [2.45, 2.75) is 41.5 Å². The Bertz CT molecular complexity index is 2640. The molecule has 0 fully saturated rings. The van der Waals surface area contributed by atoms with Crippen LogP contribution in [0, 0.1) is 13.8 Å². The van der Waals surface area contributed by atoms with E-state index >= 15 is 0 Å². The fourth-order valence-electron chi connectivity index (χ4n) is 6.14. The minimum atomic E-state index is 0.739. The second-order valence-electron chi connectivity index (χ2n) is 12.5. The Kier molecular flexibility index (Phi) is 13.8. The first-order chi connectivity index (χ1) is 26.5. The van der Waals surface area contributed by atoms with E-state index in [-0.39, 0.29) is 0 Å². The van der Waals surface area contributed by atoms with Crippen molar-refractivity contribution in [3.8, 4) is 17.2 Å². The molecule has 3 aromatic heterocycles. The van der Waals surface area contributed by atoms with Gasteiger partial charge in [-0.2, -0.15) is 0 Å². The lowest BCUT2D eigenvalue weighted by atomic mass is 10.1. The van der Waals surface area contributed by atoms with Crippen molar-refractivity contribution in [3.05, 3.63) is 188 Å². The number of nitrogens with zero attached hydrogens (tertiary/aromatic N) is 3. The molecule has 0 spiro atoms. The Morgan fingerprint density at radius 1 is 0.519 bits per heavy atom. The summed E-state index contributed by atoms with van der Waals surface area (Å²) < 4.78 is 5.10. The first kappa shape index (κ1) is 39.1. The van der Waals surface area contributed by atoms with Crippen molar-refractivity contribution < 1.29 is 0 Å². The first-order valence-corrected chi connectivity index (χ1v) is 19.1. The zero-order chi connectivity index (χ0) is 38.5. The molecular formula is C50H49N3S. The highest BCUT2D eigenvalue weighted by molar-refractivity contribution is 7.26. The van der Waals surface area contributed by atoms with E-state index in [9.17, 15) is 0 Å². The standard InChI is InChI=1S/C27H19N3.C13H10S.2C4H8.C2H4/c1-18-15-16-21-20-11-6-8-14-24(20)30(25(21)17-18)27-22-12-5-7-13-23(22)28-26(29-27)19-9-3-2-4-10-19;1-9-5-4-7-11-10-6-2-3-8-12(10)14-13(9)11;2*1-3-4-2;1-2/h2-17H,1H3;2-8H,1H3;2*3-4H,1-2H3;1-2H2/b;;2*4-3-;. The molecule has 3 heterocycles. The highest BCUT2D eigenvalue weighted by Crippen LogP contribution is 2.36. The molecule has 0 atom stereocenters. The van der Waals surface area contributed by atoms with Gasteiger partial charge in [0.2, 0.25) is 0 Å². The third-order valence-corrected chi connectivity index (χ3v) is 10.2. The van der Waals surface area contributed by atoms with E-state index in [1.54, 1.807) is 0 Å². The van der Waals surface area contributed by atoms with Crippen LogP contribution in [0.1, 0.15) is 38.8 Å². The van der Waals surface area contributed by atoms with Crippen LogP contribution >= 0.6 is 11.3 Å². The Morgan fingerprint density at radius 2 is 1.09 bits per heavy atom. The molecule has 54 heavy (non-hydrogen) atoms. The normalized spacial score (nSPS) is 10.8. The Balaban J connectivity index is 0.000000193. The molecule has 9 aromatic rings. The predicted octanol–water partition coefficient (Wildman–Crippen LogP) is 15.0. The molecule has 0 saturated carbocycles. The van der Waals surface area contributed by atoms with E-state index in [0.717, 1.165) is 33.6 Å². The van der Waals surface area contributed by atoms with Crippen LogP contribution in [0.3, 0.4) is 0 Å². The summed E-state index contributed by atoms with van der Waals surface area (Å²) >= 11 is 1.89. The molecule has 0 unspecified atom stereocenters. The molecule has 6 aromatic carbocycles. The minimum Gasteiger partial charge on any atom is -0.293 e. The van der Waals surface area contributed by atoms with E-state index < -0.39 is 0 Å². The first-order valence-electron chi connectivity index (χ1n) is 18.3. The molecule has 4 heteroatoms. The number of thiophene rings is 1. The van der Waals surface area contributed by atoms with Crippen LogP contribution in [-0.2, 0) is 0 Å². The van der Waals surface area contributed by atoms with Crippen LogP contribution < -0.4 is 0 Å². The van der Waals surface area contributed by atoms with Crippen LogP contribution in [0.2, 0.25) is 0 Å². The molecule has 0 saturated heterocycles. The van der Waals surface area contributed by atoms with E-state index in [0.29, 0.717) is 0 Å². The highest BCUT2D eigenvalue weighted by atomic mass is 32.1. The zero-order valence-electron chi connectivity index (χ0n) is 32.3. The van der Waals surface area contributed by atoms with Crippen LogP contribution in [0.4, 0.5) is 0 Å². The van der Waals surface area contributed by atoms with Gasteiger partial charge in [0.05, 0.1) is 16.6 Å². The summed E-state index contributed by atoms with van der Waals surface area (Å²) in [5, 5.41) is 6.29. The van der Waals surface area contributed by atoms with Crippen molar-refractivity contribution in [1.29, 1.82) is 0 Å². The number of fused-ring (bicyclic) bond motifs is 7. The average Bonchev–Trinajstić information content (AvgIpc) is 3.78. The number of allylic oxidation sites excluding steroid dienone is 4. The van der Waals surface area contributed by atoms with Gasteiger partial charge in [-0.25, -0.2) is 9.97 Å². The van der Waals surface area contributed by atoms with Gasteiger partial charge in [-0.15, -0.1) is 24.5 Å². The van der Waals surface area contributed by atoms with Gasteiger partial charge in [0.1, 0.15) is 5.82 Å². The van der Waals surface area contributed by atoms with Gasteiger partial charge in [-0.1, -0.05) is 133 Å². The summed E-state index contributed by atoms with van der Waals surface area (Å²) in [4.78, 5) is 9.96. The number of hydrogen-bond acceptors (Lipinski definition) is 3. The lowest BCUT2D eigenvalue weighted by Gasteiger charge is -2.12. The Hall–Kier alpha value is -6.10. The van der Waals surface area contributed by atoms with E-state index in [1.165, 1.54) is 47.6 Å². The van der Waals surface area contributed by atoms with Crippen molar-refractivity contribution in [2.24, 2.45) is 0 Å². The summed E-state index contributed by atoms with van der Waals surface area (Å²) in [5.41, 5.74) is 6.89. The van der Waals surface area contributed by atoms with Crippen molar-refractivity contribution in [2.75, 3.05) is 0 Å². The van der Waals surface area contributed by atoms with Gasteiger partial charge in [0.15, 0.2) is 5.82 Å². The fraction of sp³-hybridized carbons (Fsp3) is 0.120. The molecule has 3 nitrogen and oxygen atoms in total. The second-order valence-corrected chi connectivity index (χ2v) is 13.6. The molecule has 0 aliphatic heterocycles. The lowest BCUT2D eigenvalue weighted by molar-refractivity contribution is 1.07. The molecule has 270 valence electrons. The largest absolute Gasteiger partial charge is 0.293 e. The summed E-state index contributed by atoms with van der Waals surface area (Å²) in [6.45, 7) is 18.3. The Morgan fingerprint density at radius 3 is 1.80 bits per heavy atom. The number of rotatable bonds is 2. The number of hydrogen-bond donors (Lipinski definition) is 0. The molecule has 0 bridgehead atoms. The zero-order valence-corrected chi connectivity index (χ0v) is 33.1. The van der Waals surface area contributed by atoms with Gasteiger partial charge in [0.25, 0.3) is 0 Å². The molecule has 0 aliphatic rings. The van der Waals surface area contributed by atoms with Crippen molar-refractivity contribution >= 4 is 64.2 Å². The number of aromatic nitrogens is 3. The van der Waals surface area contributed by atoms with E-state index in [4.69, 9.17) is 9.97 Å². The quantitative estimate of drug-likeness (QED) is 0.166. The number of aryl methyl sites for hydroxylation is 2. The fourth-order valence-corrected chi connectivity index (χ4v) is 7.32. The van der Waals surface area contributed by atoms with Crippen LogP contribution in [-0.4, -0.2) is 14.5 Å². The number of para-hydroxylation sites is 2. The predicted molar refractivity (Wildman–Crippen MR) is 240 cm³/mol. The minimum absolute atomic E-state index is 0.739. The molecule has 0 aliphatic carbocycles. The summed E-state index contributed by atoms with van der Waals surface area (Å²) in [6, 6.07) is 48.7. The SMILES string of the molecule is C/C=C\C.C/C=C\C.C=C.Cc1ccc2c3ccccc3n(-c3nc(-c4ccccc4)nc4ccccc34)c2c1.Cc1cccc2c1sc1ccccc12. The summed E-state index contributed by atoms with van der Waals surface area (Å²) in [7, 11) is 0. The van der Waals surface area contributed by atoms with Crippen LogP contribution in [0.5, 0.6) is 0 Å². The maximum atomic E-state index is 5.10. The molecular weight excluding hydrogens is 675 g/mol. The van der Waals surface area contributed by atoms with E-state index in [1.807, 2.05) is 87.6 Å². The van der Waals surface area contributed by atoms with Gasteiger partial charge in [-0.05, 0) is 83.0 Å². The van der Waals surface area contributed by atoms with Gasteiger partial charge in [-0.3, -0.25) is 4.57 Å². The van der Waals surface area contributed by atoms with Gasteiger partial charge >= 0.3 is 0 Å². The monoisotopic (exact) mass is 723 g/mol. The second kappa shape index (κ2) is 19.1. The maximum Gasteiger partial charge on any atom is 0.162 e. The van der Waals surface area contributed by atoms with Gasteiger partial charge < -0.3 is 0 Å². The topological polar surface area (TPSA) is 30.7 Å². The third-order valence-electron chi connectivity index (χ3n) is 8.92. The highest BCUT2D eigenvalue weighted by Gasteiger charge is 2.17. The summed E-state index contributed by atoms with van der Waals surface area (Å²) in [5.74, 6) is 1.65. The Labute approximate surface area is 324 Å². The molecule has 0 radical (unpaired) electrons. The smallest absolute Gasteiger partial charge is 0.162 e. The molecule has 0 amide bonds. The molecule has 9 rings (SSSR count). The lowest BCUT2D eigenvalue weighted by Crippen LogP contribution is -2.02.